The second kappa shape index (κ2) is 6.82. The van der Waals surface area contributed by atoms with Crippen molar-refractivity contribution in [3.05, 3.63) is 24.5 Å². The summed E-state index contributed by atoms with van der Waals surface area (Å²) in [6.45, 7) is 4.41. The van der Waals surface area contributed by atoms with Gasteiger partial charge < -0.3 is 4.90 Å². The van der Waals surface area contributed by atoms with Crippen molar-refractivity contribution in [2.75, 3.05) is 23.3 Å². The fraction of sp³-hybridized carbons (Fsp3) is 0.545. The highest BCUT2D eigenvalue weighted by atomic mass is 79.9. The van der Waals surface area contributed by atoms with Gasteiger partial charge in [0.25, 0.3) is 0 Å². The number of rotatable bonds is 6. The fourth-order valence-corrected chi connectivity index (χ4v) is 1.80. The van der Waals surface area contributed by atoms with Crippen molar-refractivity contribution in [2.45, 2.75) is 19.8 Å². The van der Waals surface area contributed by atoms with Crippen LogP contribution >= 0.6 is 15.9 Å². The van der Waals surface area contributed by atoms with Gasteiger partial charge in [0.05, 0.1) is 0 Å². The molecule has 0 aromatic carbocycles. The fourth-order valence-electron chi connectivity index (χ4n) is 1.38. The van der Waals surface area contributed by atoms with Gasteiger partial charge in [-0.15, -0.1) is 0 Å². The summed E-state index contributed by atoms with van der Waals surface area (Å²) in [6.07, 6.45) is 6.18. The lowest BCUT2D eigenvalue weighted by Gasteiger charge is -2.23. The van der Waals surface area contributed by atoms with Crippen LogP contribution in [0.1, 0.15) is 19.8 Å². The maximum Gasteiger partial charge on any atom is 0.0397 e. The van der Waals surface area contributed by atoms with E-state index in [4.69, 9.17) is 0 Å². The number of unbranched alkanes of at least 4 members (excludes halogenated alkanes) is 1. The van der Waals surface area contributed by atoms with Crippen LogP contribution in [0.5, 0.6) is 0 Å². The molecule has 0 spiro atoms. The van der Waals surface area contributed by atoms with Gasteiger partial charge in [0.15, 0.2) is 0 Å². The molecule has 1 heterocycles. The van der Waals surface area contributed by atoms with E-state index in [1.165, 1.54) is 18.5 Å². The topological polar surface area (TPSA) is 16.1 Å². The van der Waals surface area contributed by atoms with E-state index in [0.29, 0.717) is 0 Å². The molecule has 2 nitrogen and oxygen atoms in total. The van der Waals surface area contributed by atoms with E-state index >= 15 is 0 Å². The zero-order valence-corrected chi connectivity index (χ0v) is 10.2. The molecule has 78 valence electrons. The molecule has 0 radical (unpaired) electrons. The molecule has 0 N–H and O–H groups in total. The first kappa shape index (κ1) is 11.5. The lowest BCUT2D eigenvalue weighted by molar-refractivity contribution is 0.735. The number of aromatic nitrogens is 1. The van der Waals surface area contributed by atoms with Crippen LogP contribution in [0.2, 0.25) is 0 Å². The second-order valence-corrected chi connectivity index (χ2v) is 4.03. The SMILES string of the molecule is CCCCN(CCBr)c1ccncc1. The van der Waals surface area contributed by atoms with Crippen molar-refractivity contribution in [1.82, 2.24) is 4.98 Å². The van der Waals surface area contributed by atoms with Gasteiger partial charge >= 0.3 is 0 Å². The zero-order chi connectivity index (χ0) is 10.2. The predicted octanol–water partition coefficient (Wildman–Crippen LogP) is 3.08. The van der Waals surface area contributed by atoms with E-state index in [1.807, 2.05) is 12.4 Å². The standard InChI is InChI=1S/C11H17BrN2/c1-2-3-9-14(10-6-12)11-4-7-13-8-5-11/h4-5,7-8H,2-3,6,9-10H2,1H3. The van der Waals surface area contributed by atoms with Crippen molar-refractivity contribution in [1.29, 1.82) is 0 Å². The van der Waals surface area contributed by atoms with E-state index in [-0.39, 0.29) is 0 Å². The lowest BCUT2D eigenvalue weighted by Crippen LogP contribution is -2.26. The van der Waals surface area contributed by atoms with Gasteiger partial charge in [-0.3, -0.25) is 4.98 Å². The highest BCUT2D eigenvalue weighted by Gasteiger charge is 2.03. The highest BCUT2D eigenvalue weighted by molar-refractivity contribution is 9.09. The smallest absolute Gasteiger partial charge is 0.0397 e. The van der Waals surface area contributed by atoms with Crippen LogP contribution < -0.4 is 4.90 Å². The maximum atomic E-state index is 4.03. The van der Waals surface area contributed by atoms with E-state index in [9.17, 15) is 0 Å². The van der Waals surface area contributed by atoms with Gasteiger partial charge in [0.1, 0.15) is 0 Å². The Kier molecular flexibility index (Phi) is 5.60. The molecule has 0 saturated heterocycles. The first-order chi connectivity index (χ1) is 6.88. The minimum absolute atomic E-state index is 1.01. The number of anilines is 1. The van der Waals surface area contributed by atoms with Crippen molar-refractivity contribution in [3.8, 4) is 0 Å². The van der Waals surface area contributed by atoms with Crippen molar-refractivity contribution < 1.29 is 0 Å². The minimum Gasteiger partial charge on any atom is -0.371 e. The summed E-state index contributed by atoms with van der Waals surface area (Å²) in [5, 5.41) is 1.01. The Labute approximate surface area is 94.5 Å². The molecule has 0 fully saturated rings. The molecule has 0 aliphatic heterocycles. The number of hydrogen-bond acceptors (Lipinski definition) is 2. The molecule has 0 aliphatic carbocycles. The summed E-state index contributed by atoms with van der Waals surface area (Å²) < 4.78 is 0. The molecule has 14 heavy (non-hydrogen) atoms. The van der Waals surface area contributed by atoms with Crippen LogP contribution in [0, 0.1) is 0 Å². The van der Waals surface area contributed by atoms with Gasteiger partial charge in [-0.1, -0.05) is 29.3 Å². The van der Waals surface area contributed by atoms with Crippen molar-refractivity contribution in [2.24, 2.45) is 0 Å². The molecule has 1 rings (SSSR count). The van der Waals surface area contributed by atoms with Crippen LogP contribution in [-0.4, -0.2) is 23.4 Å². The van der Waals surface area contributed by atoms with Gasteiger partial charge in [-0.05, 0) is 18.6 Å². The Hall–Kier alpha value is -0.570. The number of nitrogens with zero attached hydrogens (tertiary/aromatic N) is 2. The molecular formula is C11H17BrN2. The first-order valence-electron chi connectivity index (χ1n) is 5.09. The average Bonchev–Trinajstić information content (AvgIpc) is 2.25. The Morgan fingerprint density at radius 3 is 2.57 bits per heavy atom. The van der Waals surface area contributed by atoms with E-state index < -0.39 is 0 Å². The van der Waals surface area contributed by atoms with Crippen LogP contribution in [0.4, 0.5) is 5.69 Å². The van der Waals surface area contributed by atoms with E-state index in [0.717, 1.165) is 18.4 Å². The Balaban J connectivity index is 2.58. The average molecular weight is 257 g/mol. The number of alkyl halides is 1. The van der Waals surface area contributed by atoms with Crippen LogP contribution in [-0.2, 0) is 0 Å². The van der Waals surface area contributed by atoms with Gasteiger partial charge in [-0.25, -0.2) is 0 Å². The van der Waals surface area contributed by atoms with Gasteiger partial charge in [0.2, 0.25) is 0 Å². The molecule has 1 aromatic rings. The number of halogens is 1. The number of hydrogen-bond donors (Lipinski definition) is 0. The van der Waals surface area contributed by atoms with Crippen LogP contribution in [0.3, 0.4) is 0 Å². The summed E-state index contributed by atoms with van der Waals surface area (Å²) in [7, 11) is 0. The molecule has 0 aliphatic rings. The molecule has 3 heteroatoms. The molecular weight excluding hydrogens is 240 g/mol. The van der Waals surface area contributed by atoms with Crippen molar-refractivity contribution in [3.63, 3.8) is 0 Å². The monoisotopic (exact) mass is 256 g/mol. The quantitative estimate of drug-likeness (QED) is 0.728. The first-order valence-corrected chi connectivity index (χ1v) is 6.21. The molecule has 0 saturated carbocycles. The Morgan fingerprint density at radius 1 is 1.29 bits per heavy atom. The number of pyridine rings is 1. The summed E-state index contributed by atoms with van der Waals surface area (Å²) in [4.78, 5) is 6.42. The van der Waals surface area contributed by atoms with Crippen LogP contribution in [0.15, 0.2) is 24.5 Å². The molecule has 0 bridgehead atoms. The normalized spacial score (nSPS) is 10.1. The summed E-state index contributed by atoms with van der Waals surface area (Å²) in [6, 6.07) is 4.14. The third-order valence-electron chi connectivity index (χ3n) is 2.16. The largest absolute Gasteiger partial charge is 0.371 e. The second-order valence-electron chi connectivity index (χ2n) is 3.23. The van der Waals surface area contributed by atoms with Gasteiger partial charge in [0, 0.05) is 36.5 Å². The predicted molar refractivity (Wildman–Crippen MR) is 65.2 cm³/mol. The Morgan fingerprint density at radius 2 is 2.00 bits per heavy atom. The molecule has 0 amide bonds. The molecule has 0 atom stereocenters. The summed E-state index contributed by atoms with van der Waals surface area (Å²) in [5.74, 6) is 0. The highest BCUT2D eigenvalue weighted by Crippen LogP contribution is 2.13. The minimum atomic E-state index is 1.01. The van der Waals surface area contributed by atoms with E-state index in [2.05, 4.69) is 44.9 Å². The molecule has 0 unspecified atom stereocenters. The van der Waals surface area contributed by atoms with Gasteiger partial charge in [-0.2, -0.15) is 0 Å². The maximum absolute atomic E-state index is 4.03. The summed E-state index contributed by atoms with van der Waals surface area (Å²) >= 11 is 3.48. The third-order valence-corrected chi connectivity index (χ3v) is 2.52. The Bertz CT molecular complexity index is 238. The lowest BCUT2D eigenvalue weighted by atomic mass is 10.3. The van der Waals surface area contributed by atoms with Crippen LogP contribution in [0.25, 0.3) is 0 Å². The molecule has 1 aromatic heterocycles. The zero-order valence-electron chi connectivity index (χ0n) is 8.62. The van der Waals surface area contributed by atoms with E-state index in [1.54, 1.807) is 0 Å². The summed E-state index contributed by atoms with van der Waals surface area (Å²) in [5.41, 5.74) is 1.27. The third kappa shape index (κ3) is 3.66. The van der Waals surface area contributed by atoms with Crippen molar-refractivity contribution >= 4 is 21.6 Å².